The molecule has 1 aromatic rings. The highest BCUT2D eigenvalue weighted by Crippen LogP contribution is 2.45. The highest BCUT2D eigenvalue weighted by atomic mass is 31.2. The van der Waals surface area contributed by atoms with Gasteiger partial charge in [-0.15, -0.1) is 0 Å². The van der Waals surface area contributed by atoms with Gasteiger partial charge in [0.05, 0.1) is 27.7 Å². The van der Waals surface area contributed by atoms with Crippen LogP contribution in [0.15, 0.2) is 21.9 Å². The Hall–Kier alpha value is -1.37. The molecular weight excluding hydrogens is 421 g/mol. The minimum Gasteiger partial charge on any atom is -0.756 e. The second-order valence-electron chi connectivity index (χ2n) is 8.74. The summed E-state index contributed by atoms with van der Waals surface area (Å²) in [6, 6.07) is 1.18. The highest BCUT2D eigenvalue weighted by molar-refractivity contribution is 7.45. The van der Waals surface area contributed by atoms with Gasteiger partial charge in [0.25, 0.3) is 13.4 Å². The number of rotatable bonds is 8. The lowest BCUT2D eigenvalue weighted by molar-refractivity contribution is -0.870. The van der Waals surface area contributed by atoms with Crippen LogP contribution >= 0.6 is 7.82 Å². The number of aromatic nitrogens is 2. The number of hydrogen-bond donors (Lipinski definition) is 1. The summed E-state index contributed by atoms with van der Waals surface area (Å²) < 4.78 is 41.2. The third-order valence-corrected chi connectivity index (χ3v) is 5.62. The lowest BCUT2D eigenvalue weighted by atomic mass is 10.1. The predicted molar refractivity (Wildman–Crippen MR) is 101 cm³/mol. The van der Waals surface area contributed by atoms with Gasteiger partial charge in [-0.3, -0.25) is 18.9 Å². The van der Waals surface area contributed by atoms with Crippen LogP contribution in [-0.2, 0) is 27.8 Å². The van der Waals surface area contributed by atoms with Gasteiger partial charge in [0.2, 0.25) is 0 Å². The maximum absolute atomic E-state index is 12.2. The Balaban J connectivity index is 1.70. The largest absolute Gasteiger partial charge is 0.756 e. The van der Waals surface area contributed by atoms with Crippen LogP contribution in [0.1, 0.15) is 20.1 Å². The van der Waals surface area contributed by atoms with Crippen molar-refractivity contribution < 1.29 is 37.2 Å². The van der Waals surface area contributed by atoms with Gasteiger partial charge in [0.1, 0.15) is 31.5 Å². The molecule has 3 heterocycles. The molecule has 0 spiro atoms. The molecule has 1 aromatic heterocycles. The number of nitrogens with zero attached hydrogens (tertiary/aromatic N) is 2. The third kappa shape index (κ3) is 5.65. The minimum absolute atomic E-state index is 0.0239. The van der Waals surface area contributed by atoms with Crippen molar-refractivity contribution in [3.63, 3.8) is 0 Å². The van der Waals surface area contributed by atoms with Crippen LogP contribution in [0.2, 0.25) is 0 Å². The molecule has 0 radical (unpaired) electrons. The number of phosphoric acid groups is 1. The Morgan fingerprint density at radius 1 is 1.23 bits per heavy atom. The van der Waals surface area contributed by atoms with Crippen molar-refractivity contribution in [2.24, 2.45) is 0 Å². The molecule has 2 fully saturated rings. The summed E-state index contributed by atoms with van der Waals surface area (Å²) in [4.78, 5) is 37.8. The van der Waals surface area contributed by atoms with Gasteiger partial charge in [-0.25, -0.2) is 4.79 Å². The number of ether oxygens (including phenoxy) is 3. The van der Waals surface area contributed by atoms with Crippen LogP contribution in [0, 0.1) is 0 Å². The van der Waals surface area contributed by atoms with E-state index in [1.807, 2.05) is 21.1 Å². The molecule has 30 heavy (non-hydrogen) atoms. The zero-order chi connectivity index (χ0) is 22.3. The van der Waals surface area contributed by atoms with Crippen LogP contribution in [0.5, 0.6) is 0 Å². The van der Waals surface area contributed by atoms with E-state index in [0.717, 1.165) is 0 Å². The number of nitrogens with one attached hydrogen (secondary N) is 1. The molecule has 2 saturated heterocycles. The molecule has 2 aliphatic rings. The molecule has 13 heteroatoms. The summed E-state index contributed by atoms with van der Waals surface area (Å²) in [7, 11) is 1.16. The Labute approximate surface area is 173 Å². The van der Waals surface area contributed by atoms with Crippen molar-refractivity contribution in [1.29, 1.82) is 0 Å². The topological polar surface area (TPSA) is 141 Å². The van der Waals surface area contributed by atoms with Crippen LogP contribution in [-0.4, -0.2) is 79.0 Å². The average molecular weight is 449 g/mol. The molecule has 12 nitrogen and oxygen atoms in total. The van der Waals surface area contributed by atoms with Crippen molar-refractivity contribution in [3.8, 4) is 0 Å². The van der Waals surface area contributed by atoms with E-state index in [4.69, 9.17) is 23.3 Å². The van der Waals surface area contributed by atoms with Crippen LogP contribution in [0.25, 0.3) is 0 Å². The molecule has 170 valence electrons. The third-order valence-electron chi connectivity index (χ3n) is 4.66. The zero-order valence-electron chi connectivity index (χ0n) is 17.6. The second kappa shape index (κ2) is 8.29. The standard InChI is InChI=1S/C17H28N3O9P/c1-17(2)28-13-11(10-26-30(23,24)25-9-8-20(3,4)5)27-15(14(13)29-17)19-7-6-12(21)18-16(19)22/h6-7,11,13-15H,8-10H2,1-5H3,(H-,18,21,22,23,24)/t11-,13?,14+,15-/m1/s1. The number of H-pyrrole nitrogens is 1. The number of quaternary nitrogens is 1. The maximum Gasteiger partial charge on any atom is 0.330 e. The number of likely N-dealkylation sites (N-methyl/N-ethyl adjacent to an activating group) is 1. The van der Waals surface area contributed by atoms with Gasteiger partial charge < -0.3 is 32.6 Å². The lowest BCUT2D eigenvalue weighted by Gasteiger charge is -2.29. The second-order valence-corrected chi connectivity index (χ2v) is 10.1. The van der Waals surface area contributed by atoms with Gasteiger partial charge in [-0.1, -0.05) is 0 Å². The van der Waals surface area contributed by atoms with Crippen molar-refractivity contribution in [1.82, 2.24) is 9.55 Å². The monoisotopic (exact) mass is 449 g/mol. The van der Waals surface area contributed by atoms with Crippen molar-refractivity contribution in [3.05, 3.63) is 33.1 Å². The Morgan fingerprint density at radius 2 is 1.90 bits per heavy atom. The molecule has 0 amide bonds. The molecular formula is C17H28N3O9P. The number of aromatic amines is 1. The van der Waals surface area contributed by atoms with Crippen molar-refractivity contribution >= 4 is 7.82 Å². The number of phosphoric ester groups is 1. The van der Waals surface area contributed by atoms with Crippen LogP contribution < -0.4 is 16.1 Å². The molecule has 2 unspecified atom stereocenters. The predicted octanol–water partition coefficient (Wildman–Crippen LogP) is -0.838. The fraction of sp³-hybridized carbons (Fsp3) is 0.765. The van der Waals surface area contributed by atoms with E-state index >= 15 is 0 Å². The number of fused-ring (bicyclic) bond motifs is 1. The van der Waals surface area contributed by atoms with Crippen LogP contribution in [0.3, 0.4) is 0 Å². The van der Waals surface area contributed by atoms with Gasteiger partial charge in [-0.05, 0) is 13.8 Å². The Morgan fingerprint density at radius 3 is 2.53 bits per heavy atom. The van der Waals surface area contributed by atoms with Crippen molar-refractivity contribution in [2.75, 3.05) is 40.9 Å². The summed E-state index contributed by atoms with van der Waals surface area (Å²) in [5, 5.41) is 0. The van der Waals surface area contributed by atoms with E-state index in [1.165, 1.54) is 16.8 Å². The molecule has 5 atom stereocenters. The van der Waals surface area contributed by atoms with E-state index < -0.39 is 49.4 Å². The zero-order valence-corrected chi connectivity index (χ0v) is 18.5. The molecule has 1 N–H and O–H groups in total. The molecule has 3 rings (SSSR count). The first-order chi connectivity index (χ1) is 13.8. The van der Waals surface area contributed by atoms with Gasteiger partial charge in [0, 0.05) is 12.3 Å². The fourth-order valence-corrected chi connectivity index (χ4v) is 3.98. The molecule has 2 aliphatic heterocycles. The summed E-state index contributed by atoms with van der Waals surface area (Å²) in [6.07, 6.45) is -1.88. The summed E-state index contributed by atoms with van der Waals surface area (Å²) in [5.74, 6) is -0.969. The quantitative estimate of drug-likeness (QED) is 0.397. The molecule has 0 aliphatic carbocycles. The first kappa shape index (κ1) is 23.3. The summed E-state index contributed by atoms with van der Waals surface area (Å²) in [5.41, 5.74) is -1.23. The number of hydrogen-bond acceptors (Lipinski definition) is 9. The Bertz CT molecular complexity index is 922. The molecule has 0 aromatic carbocycles. The highest BCUT2D eigenvalue weighted by Gasteiger charge is 2.56. The Kier molecular flexibility index (Phi) is 6.43. The van der Waals surface area contributed by atoms with E-state index in [2.05, 4.69) is 4.98 Å². The lowest BCUT2D eigenvalue weighted by Crippen LogP contribution is -2.38. The fourth-order valence-electron chi connectivity index (χ4n) is 3.27. The normalized spacial score (nSPS) is 30.2. The smallest absolute Gasteiger partial charge is 0.330 e. The maximum atomic E-state index is 12.2. The van der Waals surface area contributed by atoms with E-state index in [-0.39, 0.29) is 13.2 Å². The van der Waals surface area contributed by atoms with Crippen molar-refractivity contribution in [2.45, 2.75) is 44.2 Å². The van der Waals surface area contributed by atoms with E-state index in [1.54, 1.807) is 13.8 Å². The minimum atomic E-state index is -4.56. The van der Waals surface area contributed by atoms with Gasteiger partial charge in [0.15, 0.2) is 12.0 Å². The SMILES string of the molecule is CC1(C)OC2[C@@H](COP(=O)([O-])OCC[N+](C)(C)C)O[C@@H](n3ccc(=O)[nH]c3=O)[C@H]2O1. The van der Waals surface area contributed by atoms with E-state index in [9.17, 15) is 19.0 Å². The van der Waals surface area contributed by atoms with Gasteiger partial charge in [-0.2, -0.15) is 0 Å². The molecule has 0 bridgehead atoms. The first-order valence-corrected chi connectivity index (χ1v) is 11.0. The van der Waals surface area contributed by atoms with Crippen LogP contribution in [0.4, 0.5) is 0 Å². The van der Waals surface area contributed by atoms with Gasteiger partial charge >= 0.3 is 5.69 Å². The summed E-state index contributed by atoms with van der Waals surface area (Å²) in [6.45, 7) is 3.47. The first-order valence-electron chi connectivity index (χ1n) is 9.50. The summed E-state index contributed by atoms with van der Waals surface area (Å²) >= 11 is 0. The van der Waals surface area contributed by atoms with E-state index in [0.29, 0.717) is 11.0 Å². The molecule has 0 saturated carbocycles. The average Bonchev–Trinajstić information content (AvgIpc) is 3.05.